The van der Waals surface area contributed by atoms with Gasteiger partial charge in [-0.1, -0.05) is 194 Å². The summed E-state index contributed by atoms with van der Waals surface area (Å²) in [6, 6.07) is 73.7. The van der Waals surface area contributed by atoms with Crippen molar-refractivity contribution in [2.75, 3.05) is 0 Å². The van der Waals surface area contributed by atoms with Crippen molar-refractivity contribution in [3.05, 3.63) is 241 Å². The van der Waals surface area contributed by atoms with E-state index in [1.807, 2.05) is 72.8 Å². The highest BCUT2D eigenvalue weighted by atomic mass is 15.1. The fourth-order valence-corrected chi connectivity index (χ4v) is 7.87. The number of benzene rings is 8. The van der Waals surface area contributed by atoms with Gasteiger partial charge >= 0.3 is 0 Å². The lowest BCUT2D eigenvalue weighted by atomic mass is 9.93. The lowest BCUT2D eigenvalue weighted by Crippen LogP contribution is -2.20. The summed E-state index contributed by atoms with van der Waals surface area (Å²) in [4.78, 5) is 20.2. The normalized spacial score (nSPS) is 12.2. The third kappa shape index (κ3) is 9.34. The van der Waals surface area contributed by atoms with E-state index in [0.717, 1.165) is 72.6 Å². The smallest absolute Gasteiger partial charge is 0.164 e. The molecule has 1 atom stereocenters. The number of allylic oxidation sites excluding steroid dienone is 1. The number of nitrogens with one attached hydrogen (secondary N) is 1. The molecule has 8 aromatic carbocycles. The quantitative estimate of drug-likeness (QED) is 0.125. The zero-order chi connectivity index (χ0) is 43.0. The molecule has 0 saturated carbocycles. The number of nitrogens with zero attached hydrogens (tertiary/aromatic N) is 4. The van der Waals surface area contributed by atoms with E-state index in [1.165, 1.54) is 11.1 Å². The Kier molecular flexibility index (Phi) is 12.0. The maximum Gasteiger partial charge on any atom is 0.164 e. The summed E-state index contributed by atoms with van der Waals surface area (Å²) in [5, 5.41) is 3.73. The molecule has 304 valence electrons. The third-order valence-electron chi connectivity index (χ3n) is 11.3. The van der Waals surface area contributed by atoms with Gasteiger partial charge in [0, 0.05) is 28.1 Å². The minimum Gasteiger partial charge on any atom is -0.360 e. The second-order valence-electron chi connectivity index (χ2n) is 15.6. The van der Waals surface area contributed by atoms with E-state index in [0.29, 0.717) is 17.5 Å². The van der Waals surface area contributed by atoms with Crippen LogP contribution < -0.4 is 5.32 Å². The molecule has 63 heavy (non-hydrogen) atoms. The Hall–Kier alpha value is -8.02. The van der Waals surface area contributed by atoms with Crippen LogP contribution in [0.5, 0.6) is 0 Å². The lowest BCUT2D eigenvalue weighted by molar-refractivity contribution is 0.669. The van der Waals surface area contributed by atoms with Crippen LogP contribution in [0.4, 0.5) is 0 Å². The van der Waals surface area contributed by atoms with Crippen LogP contribution in [-0.4, -0.2) is 20.7 Å². The van der Waals surface area contributed by atoms with E-state index >= 15 is 0 Å². The Morgan fingerprint density at radius 2 is 0.873 bits per heavy atom. The first-order valence-corrected chi connectivity index (χ1v) is 21.4. The molecular formula is C58H47N5. The minimum atomic E-state index is -0.269. The van der Waals surface area contributed by atoms with Gasteiger partial charge in [0.25, 0.3) is 0 Å². The predicted octanol–water partition coefficient (Wildman–Crippen LogP) is 14.3. The SMILES string of the molecule is C/C=C(/NC(/N=C(\C)c1ccc(C)c(-c2cccc(-c3cccc(-c4cccc(-c5nc(-c6ccccc6)nc(-c6ccccc6)n5)c4)c3)c2)c1)c1ccccc1)c1ccccc1. The van der Waals surface area contributed by atoms with E-state index in [2.05, 4.69) is 172 Å². The molecule has 1 aromatic heterocycles. The monoisotopic (exact) mass is 813 g/mol. The molecule has 1 heterocycles. The Balaban J connectivity index is 1.01. The van der Waals surface area contributed by atoms with Crippen LogP contribution in [0.25, 0.3) is 73.2 Å². The van der Waals surface area contributed by atoms with Crippen LogP contribution in [0.2, 0.25) is 0 Å². The average Bonchev–Trinajstić information content (AvgIpc) is 3.36. The summed E-state index contributed by atoms with van der Waals surface area (Å²) >= 11 is 0. The van der Waals surface area contributed by atoms with Gasteiger partial charge < -0.3 is 5.32 Å². The van der Waals surface area contributed by atoms with Gasteiger partial charge in [-0.05, 0) is 101 Å². The van der Waals surface area contributed by atoms with Crippen LogP contribution >= 0.6 is 0 Å². The number of hydrogen-bond acceptors (Lipinski definition) is 5. The van der Waals surface area contributed by atoms with Gasteiger partial charge in [-0.2, -0.15) is 0 Å². The third-order valence-corrected chi connectivity index (χ3v) is 11.3. The lowest BCUT2D eigenvalue weighted by Gasteiger charge is -2.20. The topological polar surface area (TPSA) is 63.1 Å². The summed E-state index contributed by atoms with van der Waals surface area (Å²) in [6.07, 6.45) is 1.84. The number of hydrogen-bond donors (Lipinski definition) is 1. The van der Waals surface area contributed by atoms with Crippen LogP contribution in [-0.2, 0) is 0 Å². The van der Waals surface area contributed by atoms with Crippen molar-refractivity contribution in [2.45, 2.75) is 26.9 Å². The molecule has 0 amide bonds. The molecule has 0 aliphatic heterocycles. The number of rotatable bonds is 12. The van der Waals surface area contributed by atoms with Gasteiger partial charge in [0.2, 0.25) is 0 Å². The van der Waals surface area contributed by atoms with Gasteiger partial charge in [-0.15, -0.1) is 0 Å². The molecule has 0 radical (unpaired) electrons. The zero-order valence-corrected chi connectivity index (χ0v) is 35.7. The highest BCUT2D eigenvalue weighted by Crippen LogP contribution is 2.34. The second kappa shape index (κ2) is 18.7. The first-order chi connectivity index (χ1) is 31.0. The molecule has 9 aromatic rings. The summed E-state index contributed by atoms with van der Waals surface area (Å²) in [7, 11) is 0. The van der Waals surface area contributed by atoms with E-state index in [9.17, 15) is 0 Å². The second-order valence-corrected chi connectivity index (χ2v) is 15.6. The van der Waals surface area contributed by atoms with E-state index < -0.39 is 0 Å². The first kappa shape index (κ1) is 40.4. The predicted molar refractivity (Wildman–Crippen MR) is 262 cm³/mol. The Labute approximate surface area is 370 Å². The molecule has 1 unspecified atom stereocenters. The van der Waals surface area contributed by atoms with Crippen molar-refractivity contribution in [3.8, 4) is 67.5 Å². The maximum absolute atomic E-state index is 5.31. The molecule has 0 aliphatic rings. The van der Waals surface area contributed by atoms with Gasteiger partial charge in [-0.25, -0.2) is 15.0 Å². The fourth-order valence-electron chi connectivity index (χ4n) is 7.87. The maximum atomic E-state index is 5.31. The highest BCUT2D eigenvalue weighted by molar-refractivity contribution is 6.00. The van der Waals surface area contributed by atoms with Crippen molar-refractivity contribution < 1.29 is 0 Å². The Bertz CT molecular complexity index is 2990. The molecule has 5 heteroatoms. The van der Waals surface area contributed by atoms with Crippen molar-refractivity contribution >= 4 is 11.4 Å². The number of aryl methyl sites for hydroxylation is 1. The minimum absolute atomic E-state index is 0.269. The van der Waals surface area contributed by atoms with Crippen molar-refractivity contribution in [1.82, 2.24) is 20.3 Å². The zero-order valence-electron chi connectivity index (χ0n) is 35.7. The number of aliphatic imine (C=N–C) groups is 1. The molecule has 1 N–H and O–H groups in total. The Morgan fingerprint density at radius 1 is 0.444 bits per heavy atom. The van der Waals surface area contributed by atoms with E-state index in [-0.39, 0.29) is 6.17 Å². The molecular weight excluding hydrogens is 767 g/mol. The number of aromatic nitrogens is 3. The molecule has 0 spiro atoms. The van der Waals surface area contributed by atoms with Gasteiger partial charge in [0.15, 0.2) is 17.5 Å². The van der Waals surface area contributed by atoms with Crippen LogP contribution in [0.15, 0.2) is 223 Å². The first-order valence-electron chi connectivity index (χ1n) is 21.4. The van der Waals surface area contributed by atoms with E-state index in [1.54, 1.807) is 0 Å². The molecule has 0 fully saturated rings. The average molecular weight is 814 g/mol. The van der Waals surface area contributed by atoms with E-state index in [4.69, 9.17) is 19.9 Å². The molecule has 5 nitrogen and oxygen atoms in total. The van der Waals surface area contributed by atoms with Crippen LogP contribution in [0.3, 0.4) is 0 Å². The van der Waals surface area contributed by atoms with Crippen LogP contribution in [0.1, 0.15) is 42.3 Å². The van der Waals surface area contributed by atoms with Crippen LogP contribution in [0, 0.1) is 6.92 Å². The molecule has 0 aliphatic carbocycles. The summed E-state index contributed by atoms with van der Waals surface area (Å²) in [5.41, 5.74) is 16.1. The molecule has 0 bridgehead atoms. The van der Waals surface area contributed by atoms with Gasteiger partial charge in [-0.3, -0.25) is 4.99 Å². The van der Waals surface area contributed by atoms with Gasteiger partial charge in [0.1, 0.15) is 6.17 Å². The largest absolute Gasteiger partial charge is 0.360 e. The van der Waals surface area contributed by atoms with Gasteiger partial charge in [0.05, 0.1) is 0 Å². The van der Waals surface area contributed by atoms with Crippen molar-refractivity contribution in [3.63, 3.8) is 0 Å². The fraction of sp³-hybridized carbons (Fsp3) is 0.0690. The molecule has 9 rings (SSSR count). The summed E-state index contributed by atoms with van der Waals surface area (Å²) in [5.74, 6) is 1.92. The Morgan fingerprint density at radius 3 is 1.41 bits per heavy atom. The summed E-state index contributed by atoms with van der Waals surface area (Å²) in [6.45, 7) is 6.34. The standard InChI is InChI=1S/C58H47N5/c1-4-54(42-20-9-5-10-21-42)60-55(43-22-11-6-12-23-43)59-41(3)46-35-34-40(2)53(39-46)51-32-18-30-49(37-51)47-28-17-29-48(36-47)50-31-19-33-52(38-50)58-62-56(44-24-13-7-14-25-44)61-57(63-58)45-26-15-8-16-27-45/h4-39,55,60H,1-3H3/b54-4+,59-41+. The summed E-state index contributed by atoms with van der Waals surface area (Å²) < 4.78 is 0. The highest BCUT2D eigenvalue weighted by Gasteiger charge is 2.16. The molecule has 0 saturated heterocycles. The van der Waals surface area contributed by atoms with Crippen molar-refractivity contribution in [2.24, 2.45) is 4.99 Å². The van der Waals surface area contributed by atoms with Crippen molar-refractivity contribution in [1.29, 1.82) is 0 Å².